The van der Waals surface area contributed by atoms with Gasteiger partial charge in [-0.15, -0.1) is 0 Å². The Balaban J connectivity index is 0.762. The van der Waals surface area contributed by atoms with E-state index in [0.29, 0.717) is 91.1 Å². The molecule has 21 nitrogen and oxygen atoms in total. The van der Waals surface area contributed by atoms with Crippen molar-refractivity contribution in [1.82, 2.24) is 26.6 Å². The number of nitrogens with one attached hydrogen (secondary N) is 5. The number of nitrogens with zero attached hydrogens (tertiary/aromatic N) is 2. The molecule has 10 aliphatic rings. The highest BCUT2D eigenvalue weighted by molar-refractivity contribution is 7.86. The molecule has 90 heavy (non-hydrogen) atoms. The number of amides is 5. The maximum atomic E-state index is 13.9. The monoisotopic (exact) mass is 1300 g/mol. The summed E-state index contributed by atoms with van der Waals surface area (Å²) < 4.78 is 103. The summed E-state index contributed by atoms with van der Waals surface area (Å²) in [6.07, 6.45) is 25.2. The first-order valence-corrected chi connectivity index (χ1v) is 37.0. The van der Waals surface area contributed by atoms with E-state index >= 15 is 0 Å². The molecule has 0 radical (unpaired) electrons. The lowest BCUT2D eigenvalue weighted by Gasteiger charge is -2.57. The Kier molecular flexibility index (Phi) is 19.9. The van der Waals surface area contributed by atoms with Gasteiger partial charge in [-0.1, -0.05) is 38.5 Å². The van der Waals surface area contributed by atoms with Gasteiger partial charge in [0.25, 0.3) is 30.4 Å². The predicted octanol–water partition coefficient (Wildman–Crippen LogP) is 8.03. The summed E-state index contributed by atoms with van der Waals surface area (Å²) in [5.74, 6) is 2.17. The second-order valence-corrected chi connectivity index (χ2v) is 33.1. The van der Waals surface area contributed by atoms with Gasteiger partial charge in [0.15, 0.2) is 5.71 Å². The highest BCUT2D eigenvalue weighted by Gasteiger charge is 2.53. The maximum Gasteiger partial charge on any atom is 0.294 e. The van der Waals surface area contributed by atoms with Gasteiger partial charge in [0.1, 0.15) is 12.6 Å². The zero-order valence-electron chi connectivity index (χ0n) is 52.4. The molecule has 24 heteroatoms. The van der Waals surface area contributed by atoms with Crippen molar-refractivity contribution >= 4 is 77.0 Å². The third kappa shape index (κ3) is 15.8. The average Bonchev–Trinajstić information content (AvgIpc) is 1.30. The third-order valence-electron chi connectivity index (χ3n) is 20.9. The van der Waals surface area contributed by atoms with Gasteiger partial charge in [-0.3, -0.25) is 37.6 Å². The van der Waals surface area contributed by atoms with Crippen LogP contribution < -0.4 is 31.5 Å². The van der Waals surface area contributed by atoms with Crippen molar-refractivity contribution in [2.24, 2.45) is 35.5 Å². The van der Waals surface area contributed by atoms with Crippen molar-refractivity contribution in [2.45, 2.75) is 207 Å². The van der Waals surface area contributed by atoms with Crippen molar-refractivity contribution in [3.8, 4) is 0 Å². The lowest BCUT2D eigenvalue weighted by atomic mass is 9.53. The van der Waals surface area contributed by atoms with Gasteiger partial charge >= 0.3 is 0 Å². The molecule has 0 saturated heterocycles. The molecule has 2 aromatic carbocycles. The SMILES string of the molecule is CC1(C)C(/C=C/C=C/C=C2/N(CCCCCC(=O)NC(CCC(=O)NCCC(=O)NC34CC5CC(CC(C5)C3)C4)C(=O)NCCC(=O)NC34CC5CC(CC(C5)C3)C4)c3ccc(S(=O)(=O)O)cc3C2(C)C)=[N+](CCCCS(=O)(=O)O)c2ccc(S(=O)(=O)O)cc21. The van der Waals surface area contributed by atoms with Crippen molar-refractivity contribution in [1.29, 1.82) is 0 Å². The molecule has 2 aromatic rings. The molecular formula is C66H92N7O14S3+. The van der Waals surface area contributed by atoms with Crippen LogP contribution in [0.1, 0.15) is 180 Å². The molecule has 8 N–H and O–H groups in total. The van der Waals surface area contributed by atoms with Crippen LogP contribution in [-0.4, -0.2) is 128 Å². The number of rotatable bonds is 29. The highest BCUT2D eigenvalue weighted by atomic mass is 32.2. The van der Waals surface area contributed by atoms with Gasteiger partial charge in [0, 0.05) is 97.3 Å². The number of benzene rings is 2. The van der Waals surface area contributed by atoms with Crippen LogP contribution >= 0.6 is 0 Å². The number of carbonyl (C=O) groups is 5. The van der Waals surface area contributed by atoms with Crippen LogP contribution in [0.15, 0.2) is 82.3 Å². The first-order chi connectivity index (χ1) is 42.4. The number of hydrogen-bond acceptors (Lipinski definition) is 12. The second kappa shape index (κ2) is 26.7. The minimum absolute atomic E-state index is 0.00229. The van der Waals surface area contributed by atoms with E-state index in [-0.39, 0.29) is 96.1 Å². The van der Waals surface area contributed by atoms with Crippen LogP contribution in [0.2, 0.25) is 0 Å². The minimum Gasteiger partial charge on any atom is -0.356 e. The van der Waals surface area contributed by atoms with Crippen molar-refractivity contribution in [2.75, 3.05) is 36.8 Å². The van der Waals surface area contributed by atoms with E-state index in [1.807, 2.05) is 62.7 Å². The zero-order chi connectivity index (χ0) is 64.6. The smallest absolute Gasteiger partial charge is 0.294 e. The van der Waals surface area contributed by atoms with Crippen LogP contribution in [0.4, 0.5) is 11.4 Å². The molecule has 0 aromatic heterocycles. The zero-order valence-corrected chi connectivity index (χ0v) is 54.9. The van der Waals surface area contributed by atoms with Gasteiger partial charge < -0.3 is 31.5 Å². The lowest BCUT2D eigenvalue weighted by Crippen LogP contribution is -2.60. The van der Waals surface area contributed by atoms with Gasteiger partial charge in [-0.05, 0) is 194 Å². The van der Waals surface area contributed by atoms with Gasteiger partial charge in [0.2, 0.25) is 35.2 Å². The van der Waals surface area contributed by atoms with Crippen molar-refractivity contribution in [3.63, 3.8) is 0 Å². The molecule has 5 amide bonds. The molecule has 2 heterocycles. The highest BCUT2D eigenvalue weighted by Crippen LogP contribution is 2.57. The van der Waals surface area contributed by atoms with Crippen LogP contribution in [-0.2, 0) is 65.2 Å². The Labute approximate surface area is 530 Å². The van der Waals surface area contributed by atoms with E-state index in [9.17, 15) is 62.9 Å². The first-order valence-electron chi connectivity index (χ1n) is 32.5. The van der Waals surface area contributed by atoms with Crippen LogP contribution in [0.3, 0.4) is 0 Å². The Morgan fingerprint density at radius 1 is 0.589 bits per heavy atom. The van der Waals surface area contributed by atoms with Gasteiger partial charge in [0.05, 0.1) is 21.0 Å². The summed E-state index contributed by atoms with van der Waals surface area (Å²) in [6.45, 7) is 8.73. The fourth-order valence-electron chi connectivity index (χ4n) is 17.6. The van der Waals surface area contributed by atoms with Crippen LogP contribution in [0.25, 0.3) is 0 Å². The quantitative estimate of drug-likeness (QED) is 0.0165. The number of hydrogen-bond donors (Lipinski definition) is 8. The van der Waals surface area contributed by atoms with E-state index in [1.54, 1.807) is 12.1 Å². The van der Waals surface area contributed by atoms with E-state index in [1.165, 1.54) is 62.8 Å². The van der Waals surface area contributed by atoms with Crippen molar-refractivity contribution in [3.05, 3.63) is 83.6 Å². The number of unbranched alkanes of at least 4 members (excludes halogenated alkanes) is 3. The number of carbonyl (C=O) groups excluding carboxylic acids is 5. The van der Waals surface area contributed by atoms with E-state index in [0.717, 1.165) is 55.6 Å². The normalized spacial score (nSPS) is 27.5. The van der Waals surface area contributed by atoms with E-state index < -0.39 is 58.9 Å². The lowest BCUT2D eigenvalue weighted by molar-refractivity contribution is -0.438. The van der Waals surface area contributed by atoms with Crippen LogP contribution in [0, 0.1) is 35.5 Å². The largest absolute Gasteiger partial charge is 0.356 e. The fraction of sp³-hybridized carbons (Fsp3) is 0.636. The Morgan fingerprint density at radius 3 is 1.67 bits per heavy atom. The summed E-state index contributed by atoms with van der Waals surface area (Å²) in [7, 11) is -13.3. The molecule has 1 unspecified atom stereocenters. The summed E-state index contributed by atoms with van der Waals surface area (Å²) in [5, 5.41) is 15.3. The summed E-state index contributed by atoms with van der Waals surface area (Å²) >= 11 is 0. The van der Waals surface area contributed by atoms with Crippen molar-refractivity contribution < 1.29 is 67.5 Å². The number of anilines is 1. The van der Waals surface area contributed by atoms with Gasteiger partial charge in [-0.25, -0.2) is 0 Å². The number of allylic oxidation sites excluding steroid dienone is 6. The average molecular weight is 1300 g/mol. The van der Waals surface area contributed by atoms with Crippen LogP contribution in [0.5, 0.6) is 0 Å². The summed E-state index contributed by atoms with van der Waals surface area (Å²) in [6, 6.07) is 7.76. The van der Waals surface area contributed by atoms with E-state index in [2.05, 4.69) is 31.5 Å². The molecular weight excluding hydrogens is 1210 g/mol. The maximum absolute atomic E-state index is 13.9. The Hall–Kier alpha value is -5.79. The molecule has 8 aliphatic carbocycles. The molecule has 0 spiro atoms. The first kappa shape index (κ1) is 67.1. The molecule has 8 saturated carbocycles. The minimum atomic E-state index is -4.54. The molecule has 1 atom stereocenters. The second-order valence-electron chi connectivity index (χ2n) is 28.6. The van der Waals surface area contributed by atoms with E-state index in [4.69, 9.17) is 0 Å². The Bertz CT molecular complexity index is 3540. The van der Waals surface area contributed by atoms with Gasteiger partial charge in [-0.2, -0.15) is 29.8 Å². The fourth-order valence-corrected chi connectivity index (χ4v) is 19.2. The summed E-state index contributed by atoms with van der Waals surface area (Å²) in [4.78, 5) is 69.0. The summed E-state index contributed by atoms with van der Waals surface area (Å²) in [5.41, 5.74) is 2.47. The Morgan fingerprint density at radius 2 is 1.12 bits per heavy atom. The topological polar surface area (TPSA) is 315 Å². The molecule has 8 bridgehead atoms. The molecule has 2 aliphatic heterocycles. The molecule has 12 rings (SSSR count). The predicted molar refractivity (Wildman–Crippen MR) is 341 cm³/mol. The third-order valence-corrected chi connectivity index (χ3v) is 23.4. The standard InChI is InChI=1S/C66H91N7O14S3/c1-63(2)51-35-49(89(82,83)84)16-19-54(51)72(56(63)13-7-5-8-14-57-64(3,4)52-36-50(90(85,86)87)17-20-55(52)73(57)27-11-12-28-88(79,80)81)26-10-6-9-15-59(75)69-53(62(78)68-25-23-61(77)71-66-40-46-32-47(41-66)34-48(33-46)42-66)18-21-58(74)67-24-22-60(76)70-65-37-43-29-44(38-65)31-45(30-43)39-65/h5,7-8,13-14,16-17,19-20,35-36,43-48,53H,6,9-12,15,18,21-34,37-42H2,1-4H3,(H7-,67,68,69,70,71,74,75,76,77,78,79,80,81,82,83,84,85,86,87)/p+1. The number of fused-ring (bicyclic) bond motifs is 2. The molecule has 492 valence electrons. The molecule has 8 fully saturated rings.